The van der Waals surface area contributed by atoms with Crippen molar-refractivity contribution >= 4 is 5.84 Å². The fourth-order valence-electron chi connectivity index (χ4n) is 3.58. The first kappa shape index (κ1) is 18.5. The van der Waals surface area contributed by atoms with Crippen molar-refractivity contribution in [3.05, 3.63) is 71.8 Å². The van der Waals surface area contributed by atoms with Gasteiger partial charge in [-0.1, -0.05) is 79.2 Å². The zero-order chi connectivity index (χ0) is 18.2. The van der Waals surface area contributed by atoms with Crippen LogP contribution in [0.15, 0.2) is 65.8 Å². The lowest BCUT2D eigenvalue weighted by atomic mass is 10.0. The van der Waals surface area contributed by atoms with Crippen LogP contribution in [0.2, 0.25) is 0 Å². The molecule has 1 aliphatic heterocycles. The highest BCUT2D eigenvalue weighted by atomic mass is 16.7. The Morgan fingerprint density at radius 2 is 1.54 bits per heavy atom. The van der Waals surface area contributed by atoms with Gasteiger partial charge in [-0.2, -0.15) is 0 Å². The molecule has 0 bridgehead atoms. The maximum Gasteiger partial charge on any atom is 0.212 e. The Morgan fingerprint density at radius 3 is 2.19 bits per heavy atom. The molecule has 0 aromatic heterocycles. The van der Waals surface area contributed by atoms with Gasteiger partial charge in [0, 0.05) is 19.4 Å². The van der Waals surface area contributed by atoms with Crippen LogP contribution in [0.3, 0.4) is 0 Å². The normalized spacial score (nSPS) is 19.3. The van der Waals surface area contributed by atoms with Crippen LogP contribution in [0.25, 0.3) is 0 Å². The third-order valence-electron chi connectivity index (χ3n) is 5.05. The minimum Gasteiger partial charge on any atom is -0.365 e. The second kappa shape index (κ2) is 8.88. The SMILES string of the molecule is CCCCN1C(CCCc2ccccc2)=NOC1(C)Cc1ccccc1. The monoisotopic (exact) mass is 350 g/mol. The van der Waals surface area contributed by atoms with E-state index in [2.05, 4.69) is 84.6 Å². The minimum absolute atomic E-state index is 0.376. The van der Waals surface area contributed by atoms with Crippen molar-refractivity contribution in [2.75, 3.05) is 6.54 Å². The second-order valence-electron chi connectivity index (χ2n) is 7.28. The van der Waals surface area contributed by atoms with Gasteiger partial charge in [0.1, 0.15) is 5.84 Å². The van der Waals surface area contributed by atoms with Crippen LogP contribution in [-0.4, -0.2) is 23.0 Å². The Bertz CT molecular complexity index is 699. The number of amidine groups is 1. The molecular formula is C23H30N2O. The van der Waals surface area contributed by atoms with E-state index in [-0.39, 0.29) is 5.72 Å². The van der Waals surface area contributed by atoms with E-state index in [0.29, 0.717) is 0 Å². The van der Waals surface area contributed by atoms with Gasteiger partial charge in [0.05, 0.1) is 0 Å². The van der Waals surface area contributed by atoms with E-state index in [1.807, 2.05) is 0 Å². The second-order valence-corrected chi connectivity index (χ2v) is 7.28. The Labute approximate surface area is 157 Å². The molecule has 0 fully saturated rings. The van der Waals surface area contributed by atoms with Gasteiger partial charge in [0.2, 0.25) is 5.72 Å². The Kier molecular flexibility index (Phi) is 6.32. The summed E-state index contributed by atoms with van der Waals surface area (Å²) < 4.78 is 0. The van der Waals surface area contributed by atoms with Crippen molar-refractivity contribution in [3.63, 3.8) is 0 Å². The molecular weight excluding hydrogens is 320 g/mol. The van der Waals surface area contributed by atoms with E-state index in [0.717, 1.165) is 44.5 Å². The highest BCUT2D eigenvalue weighted by Gasteiger charge is 2.41. The van der Waals surface area contributed by atoms with Crippen molar-refractivity contribution < 1.29 is 4.84 Å². The number of unbranched alkanes of at least 4 members (excludes halogenated alkanes) is 1. The molecule has 0 saturated carbocycles. The van der Waals surface area contributed by atoms with Crippen LogP contribution in [0.5, 0.6) is 0 Å². The van der Waals surface area contributed by atoms with Gasteiger partial charge in [0.15, 0.2) is 0 Å². The molecule has 3 heteroatoms. The van der Waals surface area contributed by atoms with E-state index in [1.54, 1.807) is 0 Å². The van der Waals surface area contributed by atoms with Crippen LogP contribution in [-0.2, 0) is 17.7 Å². The quantitative estimate of drug-likeness (QED) is 0.604. The first-order valence-corrected chi connectivity index (χ1v) is 9.82. The van der Waals surface area contributed by atoms with Gasteiger partial charge in [-0.3, -0.25) is 0 Å². The molecule has 26 heavy (non-hydrogen) atoms. The summed E-state index contributed by atoms with van der Waals surface area (Å²) in [5.41, 5.74) is 2.30. The molecule has 138 valence electrons. The van der Waals surface area contributed by atoms with Gasteiger partial charge in [-0.05, 0) is 37.3 Å². The Hall–Kier alpha value is -2.29. The topological polar surface area (TPSA) is 24.8 Å². The summed E-state index contributed by atoms with van der Waals surface area (Å²) >= 11 is 0. The van der Waals surface area contributed by atoms with Gasteiger partial charge < -0.3 is 9.74 Å². The van der Waals surface area contributed by atoms with Gasteiger partial charge in [0.25, 0.3) is 0 Å². The molecule has 1 heterocycles. The van der Waals surface area contributed by atoms with Gasteiger partial charge >= 0.3 is 0 Å². The average molecular weight is 351 g/mol. The number of rotatable bonds is 9. The van der Waals surface area contributed by atoms with Crippen molar-refractivity contribution in [1.82, 2.24) is 4.90 Å². The van der Waals surface area contributed by atoms with Crippen molar-refractivity contribution in [3.8, 4) is 0 Å². The lowest BCUT2D eigenvalue weighted by Gasteiger charge is -2.34. The fourth-order valence-corrected chi connectivity index (χ4v) is 3.58. The standard InChI is InChI=1S/C23H30N2O/c1-3-4-18-25-22(17-11-16-20-12-7-5-8-13-20)24-26-23(25,2)19-21-14-9-6-10-15-21/h5-10,12-15H,3-4,11,16-19H2,1-2H3. The maximum absolute atomic E-state index is 5.98. The van der Waals surface area contributed by atoms with E-state index < -0.39 is 0 Å². The summed E-state index contributed by atoms with van der Waals surface area (Å²) in [6, 6.07) is 21.2. The minimum atomic E-state index is -0.376. The average Bonchev–Trinajstić information content (AvgIpc) is 2.97. The van der Waals surface area contributed by atoms with E-state index in [9.17, 15) is 0 Å². The van der Waals surface area contributed by atoms with Crippen LogP contribution >= 0.6 is 0 Å². The molecule has 0 aliphatic carbocycles. The number of hydrogen-bond donors (Lipinski definition) is 0. The van der Waals surface area contributed by atoms with Crippen LogP contribution < -0.4 is 0 Å². The third-order valence-corrected chi connectivity index (χ3v) is 5.05. The fraction of sp³-hybridized carbons (Fsp3) is 0.435. The lowest BCUT2D eigenvalue weighted by Crippen LogP contribution is -2.48. The molecule has 0 radical (unpaired) electrons. The zero-order valence-corrected chi connectivity index (χ0v) is 16.0. The number of oxime groups is 1. The van der Waals surface area contributed by atoms with Gasteiger partial charge in [-0.15, -0.1) is 0 Å². The number of aryl methyl sites for hydroxylation is 1. The number of benzene rings is 2. The van der Waals surface area contributed by atoms with E-state index >= 15 is 0 Å². The molecule has 3 nitrogen and oxygen atoms in total. The van der Waals surface area contributed by atoms with Crippen molar-refractivity contribution in [1.29, 1.82) is 0 Å². The van der Waals surface area contributed by atoms with Crippen LogP contribution in [0.4, 0.5) is 0 Å². The summed E-state index contributed by atoms with van der Waals surface area (Å²) in [5, 5.41) is 4.49. The molecule has 0 N–H and O–H groups in total. The first-order valence-electron chi connectivity index (χ1n) is 9.82. The molecule has 0 spiro atoms. The molecule has 1 atom stereocenters. The lowest BCUT2D eigenvalue weighted by molar-refractivity contribution is -0.0835. The summed E-state index contributed by atoms with van der Waals surface area (Å²) in [7, 11) is 0. The molecule has 1 aliphatic rings. The molecule has 2 aromatic carbocycles. The summed E-state index contributed by atoms with van der Waals surface area (Å²) in [4.78, 5) is 8.38. The highest BCUT2D eigenvalue weighted by Crippen LogP contribution is 2.30. The molecule has 0 amide bonds. The first-order chi connectivity index (χ1) is 12.7. The highest BCUT2D eigenvalue weighted by molar-refractivity contribution is 5.83. The number of nitrogens with zero attached hydrogens (tertiary/aromatic N) is 2. The number of hydrogen-bond acceptors (Lipinski definition) is 3. The molecule has 2 aromatic rings. The predicted molar refractivity (Wildman–Crippen MR) is 108 cm³/mol. The van der Waals surface area contributed by atoms with E-state index in [4.69, 9.17) is 4.84 Å². The Balaban J connectivity index is 1.63. The summed E-state index contributed by atoms with van der Waals surface area (Å²) in [6.45, 7) is 5.41. The van der Waals surface area contributed by atoms with Crippen LogP contribution in [0, 0.1) is 0 Å². The third kappa shape index (κ3) is 4.66. The van der Waals surface area contributed by atoms with Crippen LogP contribution in [0.1, 0.15) is 50.7 Å². The summed E-state index contributed by atoms with van der Waals surface area (Å²) in [6.07, 6.45) is 6.32. The largest absolute Gasteiger partial charge is 0.365 e. The maximum atomic E-state index is 5.98. The summed E-state index contributed by atoms with van der Waals surface area (Å²) in [5.74, 6) is 1.10. The molecule has 1 unspecified atom stereocenters. The van der Waals surface area contributed by atoms with Crippen molar-refractivity contribution in [2.45, 2.75) is 58.1 Å². The Morgan fingerprint density at radius 1 is 0.885 bits per heavy atom. The van der Waals surface area contributed by atoms with Crippen molar-refractivity contribution in [2.24, 2.45) is 5.16 Å². The predicted octanol–water partition coefficient (Wildman–Crippen LogP) is 5.41. The van der Waals surface area contributed by atoms with E-state index in [1.165, 1.54) is 17.5 Å². The smallest absolute Gasteiger partial charge is 0.212 e. The zero-order valence-electron chi connectivity index (χ0n) is 16.0. The van der Waals surface area contributed by atoms with Gasteiger partial charge in [-0.25, -0.2) is 0 Å². The molecule has 0 saturated heterocycles. The molecule has 3 rings (SSSR count).